The number of anilines is 1. The summed E-state index contributed by atoms with van der Waals surface area (Å²) in [4.78, 5) is 33.4. The van der Waals surface area contributed by atoms with Crippen molar-refractivity contribution in [2.45, 2.75) is 40.0 Å². The number of aromatic nitrogens is 4. The molecular weight excluding hydrogens is 429 g/mol. The van der Waals surface area contributed by atoms with Crippen LogP contribution in [-0.2, 0) is 24.7 Å². The monoisotopic (exact) mass is 453 g/mol. The van der Waals surface area contributed by atoms with Gasteiger partial charge in [0.1, 0.15) is 11.5 Å². The number of H-pyrrole nitrogens is 1. The third kappa shape index (κ3) is 4.34. The van der Waals surface area contributed by atoms with Gasteiger partial charge in [0, 0.05) is 35.7 Å². The minimum Gasteiger partial charge on any atom is -0.307 e. The molecular formula is C23H24FN5O2S. The molecule has 0 aliphatic heterocycles. The number of amides is 1. The lowest BCUT2D eigenvalue weighted by atomic mass is 10.0. The molecule has 4 aromatic rings. The van der Waals surface area contributed by atoms with Crippen LogP contribution in [0, 0.1) is 26.6 Å². The summed E-state index contributed by atoms with van der Waals surface area (Å²) in [5.74, 6) is -0.469. The van der Waals surface area contributed by atoms with E-state index in [9.17, 15) is 14.0 Å². The van der Waals surface area contributed by atoms with Crippen LogP contribution < -0.4 is 10.9 Å². The Morgan fingerprint density at radius 2 is 1.91 bits per heavy atom. The highest BCUT2D eigenvalue weighted by atomic mass is 32.1. The average Bonchev–Trinajstić information content (AvgIpc) is 3.21. The van der Waals surface area contributed by atoms with E-state index in [-0.39, 0.29) is 23.7 Å². The number of pyridine rings is 1. The highest BCUT2D eigenvalue weighted by molar-refractivity contribution is 7.15. The quantitative estimate of drug-likeness (QED) is 0.462. The zero-order valence-electron chi connectivity index (χ0n) is 18.4. The molecule has 0 saturated carbocycles. The van der Waals surface area contributed by atoms with Crippen molar-refractivity contribution < 1.29 is 9.18 Å². The largest absolute Gasteiger partial charge is 0.307 e. The molecule has 4 rings (SSSR count). The SMILES string of the molecule is Cc1nc(NC(=O)CCc2c(C)c3c(C)nn(C)c3[nH]c2=O)sc1Cc1ccc(F)cc1. The van der Waals surface area contributed by atoms with Crippen molar-refractivity contribution in [2.75, 3.05) is 5.32 Å². The molecule has 0 atom stereocenters. The Labute approximate surface area is 188 Å². The fraction of sp³-hybridized carbons (Fsp3) is 0.304. The molecule has 0 aliphatic rings. The van der Waals surface area contributed by atoms with Gasteiger partial charge in [-0.15, -0.1) is 11.3 Å². The third-order valence-electron chi connectivity index (χ3n) is 5.57. The van der Waals surface area contributed by atoms with Gasteiger partial charge < -0.3 is 10.3 Å². The lowest BCUT2D eigenvalue weighted by molar-refractivity contribution is -0.116. The average molecular weight is 454 g/mol. The van der Waals surface area contributed by atoms with Crippen LogP contribution in [-0.4, -0.2) is 25.7 Å². The van der Waals surface area contributed by atoms with Crippen LogP contribution in [0.3, 0.4) is 0 Å². The number of halogens is 1. The molecule has 0 radical (unpaired) electrons. The number of thiazole rings is 1. The van der Waals surface area contributed by atoms with Gasteiger partial charge in [0.2, 0.25) is 5.91 Å². The number of fused-ring (bicyclic) bond motifs is 1. The van der Waals surface area contributed by atoms with Crippen LogP contribution in [0.25, 0.3) is 11.0 Å². The van der Waals surface area contributed by atoms with Gasteiger partial charge in [-0.05, 0) is 50.5 Å². The Morgan fingerprint density at radius 3 is 2.62 bits per heavy atom. The summed E-state index contributed by atoms with van der Waals surface area (Å²) in [6.07, 6.45) is 1.11. The zero-order chi connectivity index (χ0) is 23.0. The second kappa shape index (κ2) is 8.66. The topological polar surface area (TPSA) is 92.7 Å². The summed E-state index contributed by atoms with van der Waals surface area (Å²) in [5.41, 5.74) is 4.59. The first kappa shape index (κ1) is 21.9. The molecule has 0 fully saturated rings. The molecule has 1 amide bonds. The summed E-state index contributed by atoms with van der Waals surface area (Å²) in [6, 6.07) is 6.35. The first-order chi connectivity index (χ1) is 15.2. The van der Waals surface area contributed by atoms with E-state index in [1.807, 2.05) is 20.8 Å². The van der Waals surface area contributed by atoms with Gasteiger partial charge in [-0.25, -0.2) is 9.37 Å². The summed E-state index contributed by atoms with van der Waals surface area (Å²) < 4.78 is 14.8. The Morgan fingerprint density at radius 1 is 1.19 bits per heavy atom. The first-order valence-electron chi connectivity index (χ1n) is 10.3. The van der Waals surface area contributed by atoms with Crippen LogP contribution in [0.1, 0.15) is 39.4 Å². The van der Waals surface area contributed by atoms with E-state index >= 15 is 0 Å². The van der Waals surface area contributed by atoms with Gasteiger partial charge in [0.15, 0.2) is 5.13 Å². The summed E-state index contributed by atoms with van der Waals surface area (Å²) in [7, 11) is 1.79. The third-order valence-corrected chi connectivity index (χ3v) is 6.65. The molecule has 1 aromatic carbocycles. The number of benzene rings is 1. The van der Waals surface area contributed by atoms with Crippen molar-refractivity contribution in [3.63, 3.8) is 0 Å². The van der Waals surface area contributed by atoms with Gasteiger partial charge in [-0.3, -0.25) is 14.3 Å². The Balaban J connectivity index is 1.44. The second-order valence-corrected chi connectivity index (χ2v) is 8.95. The van der Waals surface area contributed by atoms with Gasteiger partial charge in [-0.1, -0.05) is 12.1 Å². The molecule has 0 bridgehead atoms. The molecule has 2 N–H and O–H groups in total. The number of rotatable bonds is 6. The highest BCUT2D eigenvalue weighted by Gasteiger charge is 2.17. The number of aromatic amines is 1. The molecule has 0 unspecified atom stereocenters. The Kier molecular flexibility index (Phi) is 5.92. The summed E-state index contributed by atoms with van der Waals surface area (Å²) >= 11 is 1.41. The number of nitrogens with zero attached hydrogens (tertiary/aromatic N) is 3. The van der Waals surface area contributed by atoms with Crippen LogP contribution >= 0.6 is 11.3 Å². The van der Waals surface area contributed by atoms with Gasteiger partial charge in [-0.2, -0.15) is 5.10 Å². The molecule has 3 heterocycles. The van der Waals surface area contributed by atoms with Crippen molar-refractivity contribution in [2.24, 2.45) is 7.05 Å². The van der Waals surface area contributed by atoms with Gasteiger partial charge >= 0.3 is 0 Å². The van der Waals surface area contributed by atoms with Gasteiger partial charge in [0.05, 0.1) is 11.4 Å². The second-order valence-electron chi connectivity index (χ2n) is 7.87. The smallest absolute Gasteiger partial charge is 0.253 e. The number of carbonyl (C=O) groups is 1. The van der Waals surface area contributed by atoms with E-state index in [0.29, 0.717) is 29.2 Å². The van der Waals surface area contributed by atoms with Crippen molar-refractivity contribution in [3.8, 4) is 0 Å². The maximum absolute atomic E-state index is 13.1. The lowest BCUT2D eigenvalue weighted by Gasteiger charge is -2.07. The standard InChI is InChI=1S/C23H24FN5O2S/c1-12-17(22(31)27-21-20(12)14(3)28-29(21)4)9-10-19(30)26-23-25-13(2)18(32-23)11-15-5-7-16(24)8-6-15/h5-8H,9-11H2,1-4H3,(H,27,31)(H,25,26,30). The molecule has 7 nitrogen and oxygen atoms in total. The number of carbonyl (C=O) groups excluding carboxylic acids is 1. The van der Waals surface area contributed by atoms with Crippen LogP contribution in [0.2, 0.25) is 0 Å². The van der Waals surface area contributed by atoms with E-state index in [4.69, 9.17) is 0 Å². The fourth-order valence-corrected chi connectivity index (χ4v) is 4.92. The minimum atomic E-state index is -0.269. The summed E-state index contributed by atoms with van der Waals surface area (Å²) in [5, 5.41) is 8.65. The Hall–Kier alpha value is -3.33. The van der Waals surface area contributed by atoms with Crippen LogP contribution in [0.4, 0.5) is 9.52 Å². The zero-order valence-corrected chi connectivity index (χ0v) is 19.2. The van der Waals surface area contributed by atoms with Crippen molar-refractivity contribution in [1.29, 1.82) is 0 Å². The number of hydrogen-bond donors (Lipinski definition) is 2. The molecule has 0 saturated heterocycles. The molecule has 0 aliphatic carbocycles. The number of hydrogen-bond acceptors (Lipinski definition) is 5. The van der Waals surface area contributed by atoms with Crippen molar-refractivity contribution in [1.82, 2.24) is 19.7 Å². The maximum atomic E-state index is 13.1. The minimum absolute atomic E-state index is 0.167. The molecule has 3 aromatic heterocycles. The van der Waals surface area contributed by atoms with Crippen LogP contribution in [0.15, 0.2) is 29.1 Å². The van der Waals surface area contributed by atoms with Crippen LogP contribution in [0.5, 0.6) is 0 Å². The lowest BCUT2D eigenvalue weighted by Crippen LogP contribution is -2.19. The highest BCUT2D eigenvalue weighted by Crippen LogP contribution is 2.26. The van der Waals surface area contributed by atoms with E-state index in [1.165, 1.54) is 23.5 Å². The van der Waals surface area contributed by atoms with E-state index in [1.54, 1.807) is 23.9 Å². The summed E-state index contributed by atoms with van der Waals surface area (Å²) in [6.45, 7) is 5.68. The van der Waals surface area contributed by atoms with Crippen molar-refractivity contribution >= 4 is 33.4 Å². The predicted octanol–water partition coefficient (Wildman–Crippen LogP) is 3.94. The predicted molar refractivity (Wildman–Crippen MR) is 124 cm³/mol. The molecule has 9 heteroatoms. The molecule has 0 spiro atoms. The normalized spacial score (nSPS) is 11.3. The first-order valence-corrected chi connectivity index (χ1v) is 11.1. The fourth-order valence-electron chi connectivity index (χ4n) is 3.91. The van der Waals surface area contributed by atoms with E-state index < -0.39 is 0 Å². The molecule has 32 heavy (non-hydrogen) atoms. The van der Waals surface area contributed by atoms with E-state index in [0.717, 1.165) is 32.8 Å². The van der Waals surface area contributed by atoms with Gasteiger partial charge in [0.25, 0.3) is 5.56 Å². The Bertz CT molecular complexity index is 1370. The van der Waals surface area contributed by atoms with E-state index in [2.05, 4.69) is 20.4 Å². The van der Waals surface area contributed by atoms with Crippen molar-refractivity contribution in [3.05, 3.63) is 73.4 Å². The number of nitrogens with one attached hydrogen (secondary N) is 2. The number of aryl methyl sites for hydroxylation is 4. The molecule has 166 valence electrons. The maximum Gasteiger partial charge on any atom is 0.253 e.